The molecule has 0 saturated heterocycles. The maximum absolute atomic E-state index is 14.1. The van der Waals surface area contributed by atoms with Crippen molar-refractivity contribution in [2.24, 2.45) is 11.8 Å². The molecule has 29 heavy (non-hydrogen) atoms. The minimum absolute atomic E-state index is 0.00489. The highest BCUT2D eigenvalue weighted by atomic mass is 19.1. The molecule has 2 heterocycles. The summed E-state index contributed by atoms with van der Waals surface area (Å²) in [5.74, 6) is 1.17. The van der Waals surface area contributed by atoms with Gasteiger partial charge in [-0.3, -0.25) is 0 Å². The normalized spacial score (nSPS) is 32.7. The van der Waals surface area contributed by atoms with Crippen molar-refractivity contribution in [2.75, 3.05) is 0 Å². The summed E-state index contributed by atoms with van der Waals surface area (Å²) in [7, 11) is 0. The van der Waals surface area contributed by atoms with E-state index in [0.29, 0.717) is 5.69 Å². The van der Waals surface area contributed by atoms with E-state index in [1.807, 2.05) is 23.3 Å². The van der Waals surface area contributed by atoms with Crippen molar-refractivity contribution < 1.29 is 4.39 Å². The first-order valence-corrected chi connectivity index (χ1v) is 10.4. The lowest BCUT2D eigenvalue weighted by molar-refractivity contribution is -0.0853. The van der Waals surface area contributed by atoms with E-state index in [1.165, 1.54) is 25.3 Å². The second-order valence-corrected chi connectivity index (χ2v) is 9.29. The summed E-state index contributed by atoms with van der Waals surface area (Å²) in [4.78, 5) is 1.89. The molecule has 8 heteroatoms. The lowest BCUT2D eigenvalue weighted by Gasteiger charge is -2.61. The molecule has 3 aromatic rings. The van der Waals surface area contributed by atoms with Crippen LogP contribution in [0.4, 0.5) is 4.39 Å². The fourth-order valence-corrected chi connectivity index (χ4v) is 6.55. The van der Waals surface area contributed by atoms with Gasteiger partial charge in [0.15, 0.2) is 6.33 Å². The fourth-order valence-electron chi connectivity index (χ4n) is 6.55. The zero-order valence-electron chi connectivity index (χ0n) is 16.2. The highest BCUT2D eigenvalue weighted by Crippen LogP contribution is 2.60. The van der Waals surface area contributed by atoms with Gasteiger partial charge in [-0.05, 0) is 67.7 Å². The molecule has 4 bridgehead atoms. The highest BCUT2D eigenvalue weighted by Gasteiger charge is 2.59. The van der Waals surface area contributed by atoms with Gasteiger partial charge in [0.1, 0.15) is 11.5 Å². The Hall–Kier alpha value is -2.61. The molecule has 7 rings (SSSR count). The number of hydrogen-bond acceptors (Lipinski definition) is 5. The molecule has 0 spiro atoms. The van der Waals surface area contributed by atoms with Crippen molar-refractivity contribution in [2.45, 2.75) is 56.1 Å². The third-order valence-electron chi connectivity index (χ3n) is 7.21. The van der Waals surface area contributed by atoms with Crippen LogP contribution in [0.25, 0.3) is 5.69 Å². The predicted molar refractivity (Wildman–Crippen MR) is 104 cm³/mol. The standard InChI is InChI=1S/C21H24FN7/c22-18-3-1-2-4-19(18)28-12-17(11-25-28)10-23-20-6-15-5-16(7-20)9-21(8-15,13-20)29-26-14-24-27-29/h1-4,11-12,14-16,23H,5-10,13H2. The maximum atomic E-state index is 14.1. The molecule has 7 nitrogen and oxygen atoms in total. The van der Waals surface area contributed by atoms with Gasteiger partial charge in [0.05, 0.1) is 11.7 Å². The molecule has 2 aromatic heterocycles. The average molecular weight is 393 g/mol. The molecule has 2 unspecified atom stereocenters. The van der Waals surface area contributed by atoms with Crippen LogP contribution in [0.3, 0.4) is 0 Å². The number of tetrazole rings is 1. The van der Waals surface area contributed by atoms with Crippen LogP contribution in [-0.2, 0) is 12.1 Å². The minimum Gasteiger partial charge on any atom is -0.307 e. The number of benzene rings is 1. The van der Waals surface area contributed by atoms with Crippen LogP contribution in [0, 0.1) is 17.7 Å². The topological polar surface area (TPSA) is 73.5 Å². The Morgan fingerprint density at radius 1 is 1.10 bits per heavy atom. The zero-order chi connectivity index (χ0) is 19.5. The summed E-state index contributed by atoms with van der Waals surface area (Å²) in [6, 6.07) is 6.72. The first-order chi connectivity index (χ1) is 14.1. The highest BCUT2D eigenvalue weighted by molar-refractivity contribution is 5.33. The van der Waals surface area contributed by atoms with E-state index in [0.717, 1.165) is 43.2 Å². The molecule has 4 fully saturated rings. The van der Waals surface area contributed by atoms with Crippen molar-refractivity contribution in [3.05, 3.63) is 54.4 Å². The van der Waals surface area contributed by atoms with Crippen molar-refractivity contribution in [3.63, 3.8) is 0 Å². The third kappa shape index (κ3) is 2.80. The minimum atomic E-state index is -0.265. The SMILES string of the molecule is Fc1ccccc1-n1cc(CNC23CC4CC(C2)CC(n2ncnn2)(C4)C3)cn1. The molecule has 2 atom stereocenters. The van der Waals surface area contributed by atoms with Crippen molar-refractivity contribution in [1.29, 1.82) is 0 Å². The van der Waals surface area contributed by atoms with Gasteiger partial charge in [0.2, 0.25) is 0 Å². The molecular formula is C21H24FN7. The van der Waals surface area contributed by atoms with Gasteiger partial charge in [-0.1, -0.05) is 12.1 Å². The quantitative estimate of drug-likeness (QED) is 0.722. The van der Waals surface area contributed by atoms with E-state index in [-0.39, 0.29) is 16.9 Å². The van der Waals surface area contributed by atoms with Crippen LogP contribution in [0.2, 0.25) is 0 Å². The molecule has 4 aliphatic carbocycles. The summed E-state index contributed by atoms with van der Waals surface area (Å²) < 4.78 is 15.7. The number of rotatable bonds is 5. The number of nitrogens with one attached hydrogen (secondary N) is 1. The van der Waals surface area contributed by atoms with Crippen LogP contribution in [0.1, 0.15) is 44.1 Å². The van der Waals surface area contributed by atoms with Gasteiger partial charge in [-0.15, -0.1) is 10.2 Å². The summed E-state index contributed by atoms with van der Waals surface area (Å²) in [5, 5.41) is 20.9. The second-order valence-electron chi connectivity index (χ2n) is 9.29. The maximum Gasteiger partial charge on any atom is 0.162 e. The van der Waals surface area contributed by atoms with E-state index in [1.54, 1.807) is 23.1 Å². The van der Waals surface area contributed by atoms with Gasteiger partial charge in [-0.25, -0.2) is 9.07 Å². The molecule has 1 aromatic carbocycles. The van der Waals surface area contributed by atoms with Crippen molar-refractivity contribution in [3.8, 4) is 5.69 Å². The van der Waals surface area contributed by atoms with Gasteiger partial charge >= 0.3 is 0 Å². The number of aromatic nitrogens is 6. The van der Waals surface area contributed by atoms with Crippen LogP contribution in [0.15, 0.2) is 43.0 Å². The third-order valence-corrected chi connectivity index (χ3v) is 7.21. The average Bonchev–Trinajstić information content (AvgIpc) is 3.39. The largest absolute Gasteiger partial charge is 0.307 e. The molecule has 0 aliphatic heterocycles. The second kappa shape index (κ2) is 6.19. The van der Waals surface area contributed by atoms with Gasteiger partial charge < -0.3 is 5.32 Å². The summed E-state index contributed by atoms with van der Waals surface area (Å²) in [5.41, 5.74) is 1.66. The zero-order valence-corrected chi connectivity index (χ0v) is 16.2. The Bertz CT molecular complexity index is 1010. The smallest absolute Gasteiger partial charge is 0.162 e. The van der Waals surface area contributed by atoms with E-state index in [9.17, 15) is 4.39 Å². The van der Waals surface area contributed by atoms with Crippen LogP contribution >= 0.6 is 0 Å². The summed E-state index contributed by atoms with van der Waals surface area (Å²) >= 11 is 0. The Balaban J connectivity index is 1.23. The summed E-state index contributed by atoms with van der Waals surface area (Å²) in [6.45, 7) is 0.731. The van der Waals surface area contributed by atoms with Crippen molar-refractivity contribution >= 4 is 0 Å². The predicted octanol–water partition coefficient (Wildman–Crippen LogP) is 2.84. The number of nitrogens with zero attached hydrogens (tertiary/aromatic N) is 6. The molecule has 0 radical (unpaired) electrons. The number of hydrogen-bond donors (Lipinski definition) is 1. The van der Waals surface area contributed by atoms with Crippen LogP contribution in [0.5, 0.6) is 0 Å². The first-order valence-electron chi connectivity index (χ1n) is 10.4. The van der Waals surface area contributed by atoms with E-state index < -0.39 is 0 Å². The lowest BCUT2D eigenvalue weighted by Crippen LogP contribution is -2.65. The van der Waals surface area contributed by atoms with Gasteiger partial charge in [-0.2, -0.15) is 9.90 Å². The number of para-hydroxylation sites is 1. The molecule has 4 aliphatic rings. The molecular weight excluding hydrogens is 369 g/mol. The Kier molecular flexibility index (Phi) is 3.69. The Morgan fingerprint density at radius 2 is 1.93 bits per heavy atom. The van der Waals surface area contributed by atoms with Gasteiger partial charge in [0.25, 0.3) is 0 Å². The van der Waals surface area contributed by atoms with E-state index in [2.05, 4.69) is 25.8 Å². The fraction of sp³-hybridized carbons (Fsp3) is 0.524. The van der Waals surface area contributed by atoms with E-state index >= 15 is 0 Å². The van der Waals surface area contributed by atoms with Crippen LogP contribution in [-0.4, -0.2) is 35.5 Å². The molecule has 0 amide bonds. The first kappa shape index (κ1) is 17.3. The monoisotopic (exact) mass is 393 g/mol. The van der Waals surface area contributed by atoms with Crippen LogP contribution < -0.4 is 5.32 Å². The Labute approximate surface area is 168 Å². The molecule has 1 N–H and O–H groups in total. The molecule has 150 valence electrons. The lowest BCUT2D eigenvalue weighted by atomic mass is 9.50. The van der Waals surface area contributed by atoms with E-state index in [4.69, 9.17) is 0 Å². The van der Waals surface area contributed by atoms with Crippen molar-refractivity contribution in [1.82, 2.24) is 35.3 Å². The van der Waals surface area contributed by atoms with Gasteiger partial charge in [0, 0.05) is 23.8 Å². The summed E-state index contributed by atoms with van der Waals surface area (Å²) in [6.07, 6.45) is 12.4. The number of halogens is 1. The molecule has 4 saturated carbocycles. The Morgan fingerprint density at radius 3 is 2.69 bits per heavy atom.